The Morgan fingerprint density at radius 3 is 2.67 bits per heavy atom. The number of hydrogen-bond donors (Lipinski definition) is 2. The molecule has 2 aromatic carbocycles. The van der Waals surface area contributed by atoms with Crippen LogP contribution in [0.2, 0.25) is 0 Å². The van der Waals surface area contributed by atoms with E-state index in [0.29, 0.717) is 16.2 Å². The molecule has 27 heavy (non-hydrogen) atoms. The number of imide groups is 1. The number of aromatic hydroxyl groups is 1. The van der Waals surface area contributed by atoms with E-state index in [-0.39, 0.29) is 12.3 Å². The summed E-state index contributed by atoms with van der Waals surface area (Å²) in [5.74, 6) is -0.871. The molecule has 0 aliphatic carbocycles. The number of phenolic OH excluding ortho intramolecular Hbond substituents is 1. The van der Waals surface area contributed by atoms with Crippen LogP contribution in [0.5, 0.6) is 5.75 Å². The SMILES string of the molecule is Cc1cccc(/C=C2\SC(=O)N(CC(=O)Nc3ccc(O)cc3C)C2=O)c1. The fourth-order valence-corrected chi connectivity index (χ4v) is 3.51. The summed E-state index contributed by atoms with van der Waals surface area (Å²) in [6.07, 6.45) is 1.65. The Balaban J connectivity index is 1.71. The van der Waals surface area contributed by atoms with E-state index in [0.717, 1.165) is 27.8 Å². The molecule has 1 heterocycles. The Kier molecular flexibility index (Phi) is 5.32. The van der Waals surface area contributed by atoms with Crippen molar-refractivity contribution in [1.82, 2.24) is 4.90 Å². The van der Waals surface area contributed by atoms with Crippen molar-refractivity contribution in [2.75, 3.05) is 11.9 Å². The second-order valence-corrected chi connectivity index (χ2v) is 7.22. The van der Waals surface area contributed by atoms with Gasteiger partial charge in [0.05, 0.1) is 4.91 Å². The normalized spacial score (nSPS) is 15.5. The van der Waals surface area contributed by atoms with Crippen molar-refractivity contribution in [1.29, 1.82) is 0 Å². The maximum absolute atomic E-state index is 12.5. The first kappa shape index (κ1) is 18.7. The standard InChI is InChI=1S/C20H18N2O4S/c1-12-4-3-5-14(8-12)10-17-19(25)22(20(26)27-17)11-18(24)21-16-7-6-15(23)9-13(16)2/h3-10,23H,11H2,1-2H3,(H,21,24)/b17-10-. The van der Waals surface area contributed by atoms with Crippen molar-refractivity contribution >= 4 is 40.6 Å². The molecule has 3 rings (SSSR count). The van der Waals surface area contributed by atoms with Crippen LogP contribution in [0.1, 0.15) is 16.7 Å². The topological polar surface area (TPSA) is 86.7 Å². The number of amides is 3. The van der Waals surface area contributed by atoms with Crippen LogP contribution in [0.3, 0.4) is 0 Å². The van der Waals surface area contributed by atoms with Crippen LogP contribution in [-0.4, -0.2) is 33.6 Å². The first-order valence-electron chi connectivity index (χ1n) is 8.25. The highest BCUT2D eigenvalue weighted by Crippen LogP contribution is 2.32. The molecule has 1 aliphatic rings. The number of hydrogen-bond acceptors (Lipinski definition) is 5. The number of aryl methyl sites for hydroxylation is 2. The van der Waals surface area contributed by atoms with Crippen LogP contribution < -0.4 is 5.32 Å². The summed E-state index contributed by atoms with van der Waals surface area (Å²) in [4.78, 5) is 38.2. The number of rotatable bonds is 4. The summed E-state index contributed by atoms with van der Waals surface area (Å²) in [5.41, 5.74) is 3.06. The smallest absolute Gasteiger partial charge is 0.294 e. The van der Waals surface area contributed by atoms with Gasteiger partial charge in [-0.2, -0.15) is 0 Å². The van der Waals surface area contributed by atoms with Gasteiger partial charge < -0.3 is 10.4 Å². The lowest BCUT2D eigenvalue weighted by molar-refractivity contribution is -0.127. The molecule has 1 fully saturated rings. The lowest BCUT2D eigenvalue weighted by Crippen LogP contribution is -2.36. The zero-order chi connectivity index (χ0) is 19.6. The van der Waals surface area contributed by atoms with Gasteiger partial charge in [0.15, 0.2) is 0 Å². The van der Waals surface area contributed by atoms with Gasteiger partial charge in [0, 0.05) is 5.69 Å². The summed E-state index contributed by atoms with van der Waals surface area (Å²) in [5, 5.41) is 11.6. The molecule has 0 atom stereocenters. The maximum Gasteiger partial charge on any atom is 0.294 e. The van der Waals surface area contributed by atoms with Crippen molar-refractivity contribution in [3.8, 4) is 5.75 Å². The highest BCUT2D eigenvalue weighted by Gasteiger charge is 2.36. The number of benzene rings is 2. The summed E-state index contributed by atoms with van der Waals surface area (Å²) < 4.78 is 0. The second kappa shape index (κ2) is 7.67. The highest BCUT2D eigenvalue weighted by atomic mass is 32.2. The average molecular weight is 382 g/mol. The molecule has 1 saturated heterocycles. The van der Waals surface area contributed by atoms with E-state index < -0.39 is 17.1 Å². The Hall–Kier alpha value is -3.06. The van der Waals surface area contributed by atoms with E-state index in [1.54, 1.807) is 19.1 Å². The minimum atomic E-state index is -0.483. The van der Waals surface area contributed by atoms with Gasteiger partial charge in [-0.05, 0) is 61.0 Å². The van der Waals surface area contributed by atoms with Crippen LogP contribution in [0.15, 0.2) is 47.4 Å². The molecule has 0 aromatic heterocycles. The molecule has 7 heteroatoms. The third kappa shape index (κ3) is 4.38. The number of thioether (sulfide) groups is 1. The van der Waals surface area contributed by atoms with Gasteiger partial charge in [-0.25, -0.2) is 0 Å². The minimum absolute atomic E-state index is 0.0951. The second-order valence-electron chi connectivity index (χ2n) is 6.23. The minimum Gasteiger partial charge on any atom is -0.508 e. The van der Waals surface area contributed by atoms with Crippen LogP contribution in [0, 0.1) is 13.8 Å². The van der Waals surface area contributed by atoms with E-state index in [4.69, 9.17) is 0 Å². The fourth-order valence-electron chi connectivity index (χ4n) is 2.67. The summed E-state index contributed by atoms with van der Waals surface area (Å²) in [7, 11) is 0. The van der Waals surface area contributed by atoms with Gasteiger partial charge in [0.25, 0.3) is 11.1 Å². The molecule has 0 bridgehead atoms. The molecule has 2 aromatic rings. The molecule has 138 valence electrons. The largest absolute Gasteiger partial charge is 0.508 e. The van der Waals surface area contributed by atoms with Crippen molar-refractivity contribution in [2.24, 2.45) is 0 Å². The molecule has 0 radical (unpaired) electrons. The van der Waals surface area contributed by atoms with Crippen LogP contribution in [-0.2, 0) is 9.59 Å². The van der Waals surface area contributed by atoms with Gasteiger partial charge in [-0.3, -0.25) is 19.3 Å². The summed E-state index contributed by atoms with van der Waals surface area (Å²) in [6.45, 7) is 3.31. The zero-order valence-corrected chi connectivity index (χ0v) is 15.7. The van der Waals surface area contributed by atoms with Gasteiger partial charge in [0.2, 0.25) is 5.91 Å². The number of phenols is 1. The Morgan fingerprint density at radius 2 is 1.96 bits per heavy atom. The van der Waals surface area contributed by atoms with E-state index in [2.05, 4.69) is 5.32 Å². The molecular weight excluding hydrogens is 364 g/mol. The number of nitrogens with zero attached hydrogens (tertiary/aromatic N) is 1. The third-order valence-corrected chi connectivity index (χ3v) is 4.91. The van der Waals surface area contributed by atoms with E-state index in [1.165, 1.54) is 12.1 Å². The van der Waals surface area contributed by atoms with Crippen LogP contribution >= 0.6 is 11.8 Å². The molecule has 6 nitrogen and oxygen atoms in total. The maximum atomic E-state index is 12.5. The number of carbonyl (C=O) groups is 3. The highest BCUT2D eigenvalue weighted by molar-refractivity contribution is 8.18. The van der Waals surface area contributed by atoms with Gasteiger partial charge in [0.1, 0.15) is 12.3 Å². The fraction of sp³-hybridized carbons (Fsp3) is 0.150. The van der Waals surface area contributed by atoms with Gasteiger partial charge in [-0.15, -0.1) is 0 Å². The van der Waals surface area contributed by atoms with Gasteiger partial charge >= 0.3 is 0 Å². The lowest BCUT2D eigenvalue weighted by Gasteiger charge is -2.13. The molecule has 0 saturated carbocycles. The molecule has 1 aliphatic heterocycles. The molecule has 0 spiro atoms. The quantitative estimate of drug-likeness (QED) is 0.622. The summed E-state index contributed by atoms with van der Waals surface area (Å²) >= 11 is 0.821. The van der Waals surface area contributed by atoms with Crippen molar-refractivity contribution in [3.63, 3.8) is 0 Å². The Bertz CT molecular complexity index is 968. The van der Waals surface area contributed by atoms with Crippen LogP contribution in [0.4, 0.5) is 10.5 Å². The number of anilines is 1. The van der Waals surface area contributed by atoms with Crippen molar-refractivity contribution in [3.05, 3.63) is 64.1 Å². The van der Waals surface area contributed by atoms with E-state index in [1.807, 2.05) is 31.2 Å². The summed E-state index contributed by atoms with van der Waals surface area (Å²) in [6, 6.07) is 12.1. The van der Waals surface area contributed by atoms with E-state index in [9.17, 15) is 19.5 Å². The molecule has 2 N–H and O–H groups in total. The van der Waals surface area contributed by atoms with Crippen molar-refractivity contribution in [2.45, 2.75) is 13.8 Å². The van der Waals surface area contributed by atoms with E-state index >= 15 is 0 Å². The van der Waals surface area contributed by atoms with Crippen LogP contribution in [0.25, 0.3) is 6.08 Å². The Labute approximate surface area is 160 Å². The number of carbonyl (C=O) groups excluding carboxylic acids is 3. The average Bonchev–Trinajstić information content (AvgIpc) is 2.85. The first-order chi connectivity index (χ1) is 12.8. The molecule has 3 amide bonds. The first-order valence-corrected chi connectivity index (χ1v) is 9.06. The van der Waals surface area contributed by atoms with Crippen molar-refractivity contribution < 1.29 is 19.5 Å². The third-order valence-electron chi connectivity index (χ3n) is 4.00. The predicted octanol–water partition coefficient (Wildman–Crippen LogP) is 3.68. The lowest BCUT2D eigenvalue weighted by atomic mass is 10.1. The van der Waals surface area contributed by atoms with Gasteiger partial charge in [-0.1, -0.05) is 29.8 Å². The number of nitrogens with one attached hydrogen (secondary N) is 1. The Morgan fingerprint density at radius 1 is 1.19 bits per heavy atom. The zero-order valence-electron chi connectivity index (χ0n) is 14.9. The molecule has 0 unspecified atom stereocenters. The predicted molar refractivity (Wildman–Crippen MR) is 105 cm³/mol. The molecular formula is C20H18N2O4S. The monoisotopic (exact) mass is 382 g/mol.